The van der Waals surface area contributed by atoms with Crippen LogP contribution in [0.15, 0.2) is 58.7 Å². The van der Waals surface area contributed by atoms with E-state index in [2.05, 4.69) is 22.0 Å². The molecule has 0 spiro atoms. The number of carbonyl (C=O) groups is 2. The average Bonchev–Trinajstić information content (AvgIpc) is 2.97. The van der Waals surface area contributed by atoms with Gasteiger partial charge >= 0.3 is 12.0 Å². The molecular formula is C24H23BrCl2N2O3. The van der Waals surface area contributed by atoms with E-state index in [0.717, 1.165) is 35.0 Å². The average molecular weight is 538 g/mol. The maximum Gasteiger partial charge on any atom is 0.330 e. The first-order valence-corrected chi connectivity index (χ1v) is 12.1. The Labute approximate surface area is 206 Å². The molecule has 1 fully saturated rings. The molecule has 2 aliphatic rings. The van der Waals surface area contributed by atoms with Crippen molar-refractivity contribution >= 4 is 56.8 Å². The topological polar surface area (TPSA) is 49.9 Å². The van der Waals surface area contributed by atoms with Crippen LogP contribution in [0.4, 0.5) is 10.5 Å². The molecule has 0 N–H and O–H groups in total. The summed E-state index contributed by atoms with van der Waals surface area (Å²) in [5.74, 6) is -0.424. The standard InChI is InChI=1S/C24H23BrCl2N2O3/c1-2-32-22(30)15-28-23(31)29(20-12-18(26)11-19(27)13-20)21-5-3-4-10-24(21,28)14-16-6-8-17(25)9-7-16/h5-9,11-13H,2-4,10,14-15H2,1H3. The molecule has 0 bridgehead atoms. The summed E-state index contributed by atoms with van der Waals surface area (Å²) in [4.78, 5) is 29.6. The van der Waals surface area contributed by atoms with E-state index in [1.54, 1.807) is 34.9 Å². The molecule has 2 aromatic carbocycles. The molecule has 0 radical (unpaired) electrons. The molecule has 0 saturated carbocycles. The van der Waals surface area contributed by atoms with Gasteiger partial charge < -0.3 is 9.64 Å². The lowest BCUT2D eigenvalue weighted by molar-refractivity contribution is -0.144. The molecular weight excluding hydrogens is 515 g/mol. The third-order valence-corrected chi connectivity index (χ3v) is 6.86. The highest BCUT2D eigenvalue weighted by molar-refractivity contribution is 9.10. The summed E-state index contributed by atoms with van der Waals surface area (Å²) in [6.45, 7) is 1.90. The van der Waals surface area contributed by atoms with Gasteiger partial charge in [-0.2, -0.15) is 0 Å². The van der Waals surface area contributed by atoms with E-state index < -0.39 is 11.5 Å². The van der Waals surface area contributed by atoms with Gasteiger partial charge in [-0.15, -0.1) is 0 Å². The minimum Gasteiger partial charge on any atom is -0.465 e. The zero-order valence-electron chi connectivity index (χ0n) is 17.6. The van der Waals surface area contributed by atoms with Crippen LogP contribution < -0.4 is 4.90 Å². The van der Waals surface area contributed by atoms with E-state index in [0.29, 0.717) is 22.2 Å². The molecule has 1 atom stereocenters. The second kappa shape index (κ2) is 9.46. The summed E-state index contributed by atoms with van der Waals surface area (Å²) < 4.78 is 6.19. The zero-order valence-corrected chi connectivity index (χ0v) is 20.7. The highest BCUT2D eigenvalue weighted by Gasteiger charge is 2.55. The molecule has 0 aromatic heterocycles. The highest BCUT2D eigenvalue weighted by atomic mass is 79.9. The van der Waals surface area contributed by atoms with Gasteiger partial charge in [0.15, 0.2) is 0 Å². The SMILES string of the molecule is CCOC(=O)CN1C(=O)N(c2cc(Cl)cc(Cl)c2)C2=CCCCC21Cc1ccc(Br)cc1. The zero-order chi connectivity index (χ0) is 22.9. The van der Waals surface area contributed by atoms with Crippen LogP contribution in [0.2, 0.25) is 10.0 Å². The monoisotopic (exact) mass is 536 g/mol. The number of hydrogen-bond acceptors (Lipinski definition) is 3. The summed E-state index contributed by atoms with van der Waals surface area (Å²) in [5.41, 5.74) is 1.87. The molecule has 32 heavy (non-hydrogen) atoms. The van der Waals surface area contributed by atoms with E-state index >= 15 is 0 Å². The van der Waals surface area contributed by atoms with Gasteiger partial charge in [0.25, 0.3) is 0 Å². The van der Waals surface area contributed by atoms with Crippen molar-refractivity contribution < 1.29 is 14.3 Å². The van der Waals surface area contributed by atoms with Crippen molar-refractivity contribution in [1.29, 1.82) is 0 Å². The quantitative estimate of drug-likeness (QED) is 0.389. The predicted octanol–water partition coefficient (Wildman–Crippen LogP) is 6.61. The molecule has 1 unspecified atom stereocenters. The van der Waals surface area contributed by atoms with Crippen molar-refractivity contribution in [2.45, 2.75) is 38.1 Å². The predicted molar refractivity (Wildman–Crippen MR) is 130 cm³/mol. The van der Waals surface area contributed by atoms with Crippen LogP contribution in [0.3, 0.4) is 0 Å². The number of carbonyl (C=O) groups excluding carboxylic acids is 2. The summed E-state index contributed by atoms with van der Waals surface area (Å²) >= 11 is 16.0. The van der Waals surface area contributed by atoms with Crippen LogP contribution in [0.25, 0.3) is 0 Å². The van der Waals surface area contributed by atoms with Gasteiger partial charge in [0.2, 0.25) is 0 Å². The van der Waals surface area contributed by atoms with Crippen molar-refractivity contribution in [2.75, 3.05) is 18.1 Å². The normalized spacial score (nSPS) is 20.2. The fourth-order valence-corrected chi connectivity index (χ4v) is 5.40. The van der Waals surface area contributed by atoms with Crippen molar-refractivity contribution in [3.63, 3.8) is 0 Å². The third kappa shape index (κ3) is 4.41. The fourth-order valence-electron chi connectivity index (χ4n) is 4.62. The Hall–Kier alpha value is -2.02. The van der Waals surface area contributed by atoms with Crippen molar-refractivity contribution in [3.8, 4) is 0 Å². The molecule has 4 rings (SSSR count). The molecule has 1 aliphatic carbocycles. The lowest BCUT2D eigenvalue weighted by Gasteiger charge is -2.40. The van der Waals surface area contributed by atoms with Gasteiger partial charge in [0, 0.05) is 20.9 Å². The second-order valence-electron chi connectivity index (χ2n) is 7.95. The second-order valence-corrected chi connectivity index (χ2v) is 9.74. The highest BCUT2D eigenvalue weighted by Crippen LogP contribution is 2.47. The number of rotatable bonds is 6. The number of ether oxygens (including phenoxy) is 1. The Balaban J connectivity index is 1.82. The van der Waals surface area contributed by atoms with Crippen LogP contribution >= 0.6 is 39.1 Å². The van der Waals surface area contributed by atoms with Crippen LogP contribution in [0.1, 0.15) is 31.7 Å². The number of allylic oxidation sites excluding steroid dienone is 1. The van der Waals surface area contributed by atoms with Gasteiger partial charge in [-0.05, 0) is 62.1 Å². The number of benzene rings is 2. The molecule has 1 saturated heterocycles. The molecule has 8 heteroatoms. The summed E-state index contributed by atoms with van der Waals surface area (Å²) in [5, 5.41) is 0.887. The first-order chi connectivity index (χ1) is 15.3. The van der Waals surface area contributed by atoms with Gasteiger partial charge in [0.1, 0.15) is 6.54 Å². The van der Waals surface area contributed by atoms with Gasteiger partial charge in [-0.25, -0.2) is 4.79 Å². The Kier molecular flexibility index (Phi) is 6.84. The number of fused-ring (bicyclic) bond motifs is 1. The smallest absolute Gasteiger partial charge is 0.330 e. The van der Waals surface area contributed by atoms with E-state index in [1.807, 2.05) is 24.3 Å². The van der Waals surface area contributed by atoms with Crippen LogP contribution in [-0.2, 0) is 16.0 Å². The van der Waals surface area contributed by atoms with E-state index in [1.165, 1.54) is 0 Å². The number of halogens is 3. The van der Waals surface area contributed by atoms with Crippen molar-refractivity contribution in [2.24, 2.45) is 0 Å². The number of esters is 1. The van der Waals surface area contributed by atoms with E-state index in [-0.39, 0.29) is 19.2 Å². The summed E-state index contributed by atoms with van der Waals surface area (Å²) in [6.07, 6.45) is 5.19. The summed E-state index contributed by atoms with van der Waals surface area (Å²) in [7, 11) is 0. The van der Waals surface area contributed by atoms with Gasteiger partial charge in [0.05, 0.1) is 23.5 Å². The Morgan fingerprint density at radius 2 is 1.84 bits per heavy atom. The molecule has 5 nitrogen and oxygen atoms in total. The van der Waals surface area contributed by atoms with Gasteiger partial charge in [-0.1, -0.05) is 57.3 Å². The number of nitrogens with zero attached hydrogens (tertiary/aromatic N) is 2. The van der Waals surface area contributed by atoms with E-state index in [4.69, 9.17) is 27.9 Å². The summed E-state index contributed by atoms with van der Waals surface area (Å²) in [6, 6.07) is 12.8. The number of anilines is 1. The van der Waals surface area contributed by atoms with Crippen LogP contribution in [-0.4, -0.2) is 35.6 Å². The lowest BCUT2D eigenvalue weighted by atomic mass is 9.78. The molecule has 168 valence electrons. The Morgan fingerprint density at radius 1 is 1.16 bits per heavy atom. The first kappa shape index (κ1) is 23.1. The lowest BCUT2D eigenvalue weighted by Crippen LogP contribution is -2.51. The minimum absolute atomic E-state index is 0.120. The molecule has 2 aromatic rings. The van der Waals surface area contributed by atoms with Crippen molar-refractivity contribution in [1.82, 2.24) is 4.90 Å². The first-order valence-electron chi connectivity index (χ1n) is 10.5. The Bertz CT molecular complexity index is 1050. The minimum atomic E-state index is -0.662. The maximum atomic E-state index is 13.8. The molecule has 1 aliphatic heterocycles. The fraction of sp³-hybridized carbons (Fsp3) is 0.333. The Morgan fingerprint density at radius 3 is 2.50 bits per heavy atom. The van der Waals surface area contributed by atoms with Crippen molar-refractivity contribution in [3.05, 3.63) is 74.3 Å². The number of urea groups is 1. The van der Waals surface area contributed by atoms with Crippen LogP contribution in [0, 0.1) is 0 Å². The molecule has 2 amide bonds. The number of amides is 2. The number of hydrogen-bond donors (Lipinski definition) is 0. The van der Waals surface area contributed by atoms with E-state index in [9.17, 15) is 9.59 Å². The molecule has 1 heterocycles. The largest absolute Gasteiger partial charge is 0.465 e. The maximum absolute atomic E-state index is 13.8. The van der Waals surface area contributed by atoms with Gasteiger partial charge in [-0.3, -0.25) is 9.69 Å². The van der Waals surface area contributed by atoms with Crippen LogP contribution in [0.5, 0.6) is 0 Å². The third-order valence-electron chi connectivity index (χ3n) is 5.90.